The van der Waals surface area contributed by atoms with Gasteiger partial charge < -0.3 is 25.4 Å². The van der Waals surface area contributed by atoms with E-state index in [-0.39, 0.29) is 29.0 Å². The summed E-state index contributed by atoms with van der Waals surface area (Å²) < 4.78 is 5.32. The van der Waals surface area contributed by atoms with E-state index in [4.69, 9.17) is 10.5 Å². The van der Waals surface area contributed by atoms with Gasteiger partial charge in [0.2, 0.25) is 0 Å². The van der Waals surface area contributed by atoms with Crippen LogP contribution in [0.25, 0.3) is 0 Å². The maximum atomic E-state index is 12.5. The minimum Gasteiger partial charge on any atom is -0.505 e. The molecule has 7 nitrogen and oxygen atoms in total. The molecule has 3 N–H and O–H groups in total. The van der Waals surface area contributed by atoms with Gasteiger partial charge in [-0.1, -0.05) is 6.07 Å². The Morgan fingerprint density at radius 2 is 1.70 bits per heavy atom. The normalized spacial score (nSPS) is 15.4. The van der Waals surface area contributed by atoms with E-state index in [1.165, 1.54) is 12.1 Å². The highest BCUT2D eigenvalue weighted by atomic mass is 16.6. The van der Waals surface area contributed by atoms with Crippen molar-refractivity contribution >= 4 is 17.7 Å². The number of ether oxygens (including phenoxy) is 1. The summed E-state index contributed by atoms with van der Waals surface area (Å²) in [5.74, 6) is -0.495. The molecular weight excluding hydrogens is 298 g/mol. The number of phenols is 1. The van der Waals surface area contributed by atoms with E-state index >= 15 is 0 Å². The van der Waals surface area contributed by atoms with Crippen molar-refractivity contribution in [1.29, 1.82) is 0 Å². The third-order valence-electron chi connectivity index (χ3n) is 3.52. The van der Waals surface area contributed by atoms with E-state index in [0.717, 1.165) is 0 Å². The highest BCUT2D eigenvalue weighted by Crippen LogP contribution is 2.26. The van der Waals surface area contributed by atoms with Crippen molar-refractivity contribution in [2.24, 2.45) is 0 Å². The van der Waals surface area contributed by atoms with Crippen LogP contribution in [0, 0.1) is 0 Å². The predicted octanol–water partition coefficient (Wildman–Crippen LogP) is 1.67. The van der Waals surface area contributed by atoms with Gasteiger partial charge in [-0.2, -0.15) is 0 Å². The van der Waals surface area contributed by atoms with Crippen molar-refractivity contribution in [2.75, 3.05) is 31.9 Å². The Morgan fingerprint density at radius 3 is 2.26 bits per heavy atom. The molecule has 2 amide bonds. The van der Waals surface area contributed by atoms with Gasteiger partial charge in [0.05, 0.1) is 11.3 Å². The minimum absolute atomic E-state index is 0.170. The average Bonchev–Trinajstić information content (AvgIpc) is 2.48. The van der Waals surface area contributed by atoms with Gasteiger partial charge in [0.1, 0.15) is 5.60 Å². The van der Waals surface area contributed by atoms with Crippen molar-refractivity contribution in [1.82, 2.24) is 9.80 Å². The number of carbonyl (C=O) groups is 2. The number of anilines is 1. The molecule has 23 heavy (non-hydrogen) atoms. The number of carbonyl (C=O) groups excluding carboxylic acids is 2. The van der Waals surface area contributed by atoms with Crippen molar-refractivity contribution in [3.63, 3.8) is 0 Å². The van der Waals surface area contributed by atoms with Gasteiger partial charge in [-0.05, 0) is 32.9 Å². The molecule has 7 heteroatoms. The summed E-state index contributed by atoms with van der Waals surface area (Å²) in [6.07, 6.45) is -0.378. The van der Waals surface area contributed by atoms with Crippen LogP contribution in [-0.4, -0.2) is 58.7 Å². The molecule has 2 rings (SSSR count). The SMILES string of the molecule is CC(C)(C)OC(=O)N1CCN(C(=O)c2cccc(N)c2O)CC1. The van der Waals surface area contributed by atoms with Gasteiger partial charge >= 0.3 is 6.09 Å². The number of nitrogens with zero attached hydrogens (tertiary/aromatic N) is 2. The molecule has 126 valence electrons. The van der Waals surface area contributed by atoms with Gasteiger partial charge in [-0.15, -0.1) is 0 Å². The van der Waals surface area contributed by atoms with E-state index in [1.807, 2.05) is 20.8 Å². The molecule has 0 saturated carbocycles. The molecule has 0 atom stereocenters. The third-order valence-corrected chi connectivity index (χ3v) is 3.52. The molecule has 0 bridgehead atoms. The molecule has 1 saturated heterocycles. The quantitative estimate of drug-likeness (QED) is 0.606. The number of aromatic hydroxyl groups is 1. The second-order valence-electron chi connectivity index (χ2n) is 6.50. The predicted molar refractivity (Wildman–Crippen MR) is 86.2 cm³/mol. The lowest BCUT2D eigenvalue weighted by Gasteiger charge is -2.35. The summed E-state index contributed by atoms with van der Waals surface area (Å²) >= 11 is 0. The molecule has 1 aliphatic rings. The molecule has 1 aromatic carbocycles. The molecule has 1 aromatic rings. The van der Waals surface area contributed by atoms with E-state index in [2.05, 4.69) is 0 Å². The fourth-order valence-electron chi connectivity index (χ4n) is 2.32. The Balaban J connectivity index is 1.98. The summed E-state index contributed by atoms with van der Waals surface area (Å²) in [5, 5.41) is 9.91. The van der Waals surface area contributed by atoms with Crippen LogP contribution in [0.1, 0.15) is 31.1 Å². The van der Waals surface area contributed by atoms with Gasteiger partial charge in [-0.3, -0.25) is 4.79 Å². The monoisotopic (exact) mass is 321 g/mol. The van der Waals surface area contributed by atoms with Crippen molar-refractivity contribution in [3.05, 3.63) is 23.8 Å². The topological polar surface area (TPSA) is 96.1 Å². The lowest BCUT2D eigenvalue weighted by Crippen LogP contribution is -2.51. The number of nitrogens with two attached hydrogens (primary N) is 1. The number of phenolic OH excluding ortho intramolecular Hbond substituents is 1. The zero-order chi connectivity index (χ0) is 17.2. The number of para-hydroxylation sites is 1. The van der Waals surface area contributed by atoms with Crippen LogP contribution >= 0.6 is 0 Å². The summed E-state index contributed by atoms with van der Waals surface area (Å²) in [7, 11) is 0. The van der Waals surface area contributed by atoms with E-state index in [9.17, 15) is 14.7 Å². The first kappa shape index (κ1) is 16.9. The fourth-order valence-corrected chi connectivity index (χ4v) is 2.32. The van der Waals surface area contributed by atoms with Crippen LogP contribution in [0.3, 0.4) is 0 Å². The van der Waals surface area contributed by atoms with Crippen LogP contribution in [0.2, 0.25) is 0 Å². The zero-order valence-corrected chi connectivity index (χ0v) is 13.7. The Morgan fingerprint density at radius 1 is 1.13 bits per heavy atom. The van der Waals surface area contributed by atoms with Gasteiger partial charge in [0.25, 0.3) is 5.91 Å². The van der Waals surface area contributed by atoms with Gasteiger partial charge in [0, 0.05) is 26.2 Å². The number of rotatable bonds is 1. The lowest BCUT2D eigenvalue weighted by molar-refractivity contribution is 0.0140. The van der Waals surface area contributed by atoms with Crippen LogP contribution in [0.4, 0.5) is 10.5 Å². The standard InChI is InChI=1S/C16H23N3O4/c1-16(2,3)23-15(22)19-9-7-18(8-10-19)14(21)11-5-4-6-12(17)13(11)20/h4-6,20H,7-10,17H2,1-3H3. The number of piperazine rings is 1. The highest BCUT2D eigenvalue weighted by molar-refractivity contribution is 5.98. The molecular formula is C16H23N3O4. The minimum atomic E-state index is -0.544. The average molecular weight is 321 g/mol. The van der Waals surface area contributed by atoms with Crippen LogP contribution in [0.5, 0.6) is 5.75 Å². The van der Waals surface area contributed by atoms with Crippen LogP contribution < -0.4 is 5.73 Å². The second kappa shape index (κ2) is 6.36. The highest BCUT2D eigenvalue weighted by Gasteiger charge is 2.29. The number of hydrogen-bond acceptors (Lipinski definition) is 5. The molecule has 1 fully saturated rings. The Hall–Kier alpha value is -2.44. The molecule has 0 aromatic heterocycles. The largest absolute Gasteiger partial charge is 0.505 e. The number of nitrogen functional groups attached to an aromatic ring is 1. The summed E-state index contributed by atoms with van der Waals surface area (Å²) in [4.78, 5) is 27.6. The van der Waals surface area contributed by atoms with Crippen molar-refractivity contribution < 1.29 is 19.4 Å². The Kier molecular flexibility index (Phi) is 4.68. The molecule has 0 unspecified atom stereocenters. The maximum absolute atomic E-state index is 12.5. The van der Waals surface area contributed by atoms with Gasteiger partial charge in [-0.25, -0.2) is 4.79 Å². The van der Waals surface area contributed by atoms with E-state index in [0.29, 0.717) is 26.2 Å². The first-order valence-electron chi connectivity index (χ1n) is 7.53. The third kappa shape index (κ3) is 4.06. The van der Waals surface area contributed by atoms with Gasteiger partial charge in [0.15, 0.2) is 5.75 Å². The van der Waals surface area contributed by atoms with Crippen LogP contribution in [0.15, 0.2) is 18.2 Å². The first-order valence-corrected chi connectivity index (χ1v) is 7.53. The van der Waals surface area contributed by atoms with E-state index < -0.39 is 5.60 Å². The number of benzene rings is 1. The molecule has 1 aliphatic heterocycles. The Bertz CT molecular complexity index is 602. The number of amides is 2. The molecule has 0 radical (unpaired) electrons. The molecule has 1 heterocycles. The Labute approximate surface area is 135 Å². The van der Waals surface area contributed by atoms with E-state index in [1.54, 1.807) is 15.9 Å². The summed E-state index contributed by atoms with van der Waals surface area (Å²) in [6, 6.07) is 4.69. The number of hydrogen-bond donors (Lipinski definition) is 2. The van der Waals surface area contributed by atoms with Crippen molar-refractivity contribution in [2.45, 2.75) is 26.4 Å². The summed E-state index contributed by atoms with van der Waals surface area (Å²) in [6.45, 7) is 6.99. The zero-order valence-electron chi connectivity index (χ0n) is 13.7. The smallest absolute Gasteiger partial charge is 0.410 e. The molecule has 0 aliphatic carbocycles. The van der Waals surface area contributed by atoms with Crippen molar-refractivity contribution in [3.8, 4) is 5.75 Å². The maximum Gasteiger partial charge on any atom is 0.410 e. The second-order valence-corrected chi connectivity index (χ2v) is 6.50. The van der Waals surface area contributed by atoms with Crippen LogP contribution in [-0.2, 0) is 4.74 Å². The lowest BCUT2D eigenvalue weighted by atomic mass is 10.1. The summed E-state index contributed by atoms with van der Waals surface area (Å²) in [5.41, 5.74) is 5.42. The molecule has 0 spiro atoms. The fraction of sp³-hybridized carbons (Fsp3) is 0.500. The first-order chi connectivity index (χ1) is 10.7.